The molecule has 2 aliphatic rings. The van der Waals surface area contributed by atoms with Gasteiger partial charge >= 0.3 is 0 Å². The summed E-state index contributed by atoms with van der Waals surface area (Å²) in [7, 11) is -4.05. The van der Waals surface area contributed by atoms with Crippen LogP contribution in [0, 0.1) is 0 Å². The van der Waals surface area contributed by atoms with Crippen LogP contribution in [0.5, 0.6) is 0 Å². The smallest absolute Gasteiger partial charge is 0.270 e. The van der Waals surface area contributed by atoms with Crippen LogP contribution in [-0.2, 0) is 14.9 Å². The van der Waals surface area contributed by atoms with Gasteiger partial charge in [0, 0.05) is 6.61 Å². The Bertz CT molecular complexity index is 399. The average Bonchev–Trinajstić information content (AvgIpc) is 2.42. The zero-order chi connectivity index (χ0) is 15.2. The minimum absolute atomic E-state index is 0.541. The van der Waals surface area contributed by atoms with Crippen LogP contribution in [0.4, 0.5) is 0 Å². The highest BCUT2D eigenvalue weighted by Crippen LogP contribution is 2.39. The topological polar surface area (TPSA) is 63.6 Å². The minimum Gasteiger partial charge on any atom is -0.374 e. The summed E-state index contributed by atoms with van der Waals surface area (Å²) < 4.78 is 39.8. The summed E-state index contributed by atoms with van der Waals surface area (Å²) in [6, 6.07) is 0. The summed E-state index contributed by atoms with van der Waals surface area (Å²) >= 11 is 0. The van der Waals surface area contributed by atoms with Crippen LogP contribution in [-0.4, -0.2) is 30.4 Å². The molecule has 124 valence electrons. The molecule has 1 N–H and O–H groups in total. The molecule has 1 unspecified atom stereocenters. The molecule has 0 radical (unpaired) electrons. The van der Waals surface area contributed by atoms with E-state index in [1.807, 2.05) is 0 Å². The fourth-order valence-electron chi connectivity index (χ4n) is 3.98. The van der Waals surface area contributed by atoms with E-state index in [-0.39, 0.29) is 0 Å². The first kappa shape index (κ1) is 17.2. The van der Waals surface area contributed by atoms with Crippen LogP contribution in [0.15, 0.2) is 0 Å². The van der Waals surface area contributed by atoms with E-state index in [1.165, 1.54) is 19.3 Å². The van der Waals surface area contributed by atoms with Crippen molar-refractivity contribution in [1.29, 1.82) is 0 Å². The van der Waals surface area contributed by atoms with Gasteiger partial charge in [-0.05, 0) is 25.7 Å². The molecule has 1 atom stereocenters. The molecule has 1 saturated heterocycles. The SMILES string of the molecule is O=S(=O)(O)C1CCCCCCCCCOC12CCCCC2. The Kier molecular flexibility index (Phi) is 6.51. The molecule has 4 nitrogen and oxygen atoms in total. The van der Waals surface area contributed by atoms with Crippen molar-refractivity contribution in [2.45, 2.75) is 94.3 Å². The number of hydrogen-bond acceptors (Lipinski definition) is 3. The fourth-order valence-corrected chi connectivity index (χ4v) is 5.30. The summed E-state index contributed by atoms with van der Waals surface area (Å²) in [5, 5.41) is -0.732. The predicted molar refractivity (Wildman–Crippen MR) is 84.0 cm³/mol. The monoisotopic (exact) mass is 318 g/mol. The van der Waals surface area contributed by atoms with Gasteiger partial charge in [-0.15, -0.1) is 0 Å². The summed E-state index contributed by atoms with van der Waals surface area (Å²) in [5.74, 6) is 0. The van der Waals surface area contributed by atoms with Gasteiger partial charge in [-0.25, -0.2) is 0 Å². The Hall–Kier alpha value is -0.130. The van der Waals surface area contributed by atoms with Crippen molar-refractivity contribution in [2.24, 2.45) is 0 Å². The van der Waals surface area contributed by atoms with Crippen molar-refractivity contribution in [3.05, 3.63) is 0 Å². The summed E-state index contributed by atoms with van der Waals surface area (Å²) in [6.07, 6.45) is 13.0. The quantitative estimate of drug-likeness (QED) is 0.739. The first-order chi connectivity index (χ1) is 10.0. The molecule has 2 fully saturated rings. The van der Waals surface area contributed by atoms with Crippen molar-refractivity contribution in [3.8, 4) is 0 Å². The van der Waals surface area contributed by atoms with E-state index >= 15 is 0 Å². The Morgan fingerprint density at radius 1 is 0.810 bits per heavy atom. The van der Waals surface area contributed by atoms with Gasteiger partial charge in [0.25, 0.3) is 10.1 Å². The van der Waals surface area contributed by atoms with Crippen LogP contribution in [0.3, 0.4) is 0 Å². The molecule has 21 heavy (non-hydrogen) atoms. The van der Waals surface area contributed by atoms with E-state index in [0.29, 0.717) is 13.0 Å². The first-order valence-corrected chi connectivity index (χ1v) is 10.2. The van der Waals surface area contributed by atoms with Gasteiger partial charge in [-0.1, -0.05) is 57.8 Å². The van der Waals surface area contributed by atoms with Crippen molar-refractivity contribution < 1.29 is 17.7 Å². The van der Waals surface area contributed by atoms with Crippen LogP contribution < -0.4 is 0 Å². The van der Waals surface area contributed by atoms with Crippen LogP contribution in [0.1, 0.15) is 83.5 Å². The van der Waals surface area contributed by atoms with E-state index in [4.69, 9.17) is 4.74 Å². The lowest BCUT2D eigenvalue weighted by Crippen LogP contribution is -2.50. The third kappa shape index (κ3) is 4.93. The van der Waals surface area contributed by atoms with E-state index < -0.39 is 21.0 Å². The highest BCUT2D eigenvalue weighted by Gasteiger charge is 2.46. The van der Waals surface area contributed by atoms with Crippen LogP contribution in [0.2, 0.25) is 0 Å². The van der Waals surface area contributed by atoms with Crippen LogP contribution >= 0.6 is 0 Å². The Morgan fingerprint density at radius 3 is 1.95 bits per heavy atom. The van der Waals surface area contributed by atoms with Gasteiger partial charge in [0.05, 0.1) is 5.60 Å². The number of hydrogen-bond donors (Lipinski definition) is 1. The van der Waals surface area contributed by atoms with Crippen molar-refractivity contribution in [1.82, 2.24) is 0 Å². The molecule has 0 aromatic rings. The molecule has 1 aliphatic carbocycles. The second-order valence-electron chi connectivity index (χ2n) is 6.74. The Balaban J connectivity index is 2.17. The molecule has 0 amide bonds. The highest BCUT2D eigenvalue weighted by atomic mass is 32.2. The largest absolute Gasteiger partial charge is 0.374 e. The van der Waals surface area contributed by atoms with E-state index in [2.05, 4.69) is 0 Å². The number of ether oxygens (including phenoxy) is 1. The van der Waals surface area contributed by atoms with Crippen LogP contribution in [0.25, 0.3) is 0 Å². The summed E-state index contributed by atoms with van der Waals surface area (Å²) in [6.45, 7) is 0.631. The second-order valence-corrected chi connectivity index (χ2v) is 8.34. The molecule has 1 aliphatic heterocycles. The molecule has 0 aromatic carbocycles. The lowest BCUT2D eigenvalue weighted by atomic mass is 9.80. The maximum atomic E-state index is 12.0. The molecule has 0 bridgehead atoms. The highest BCUT2D eigenvalue weighted by molar-refractivity contribution is 7.86. The van der Waals surface area contributed by atoms with E-state index in [9.17, 15) is 13.0 Å². The van der Waals surface area contributed by atoms with Gasteiger partial charge in [-0.2, -0.15) is 8.42 Å². The van der Waals surface area contributed by atoms with E-state index in [1.54, 1.807) is 0 Å². The van der Waals surface area contributed by atoms with Crippen molar-refractivity contribution >= 4 is 10.1 Å². The van der Waals surface area contributed by atoms with Gasteiger partial charge in [0.1, 0.15) is 5.25 Å². The maximum Gasteiger partial charge on any atom is 0.270 e. The predicted octanol–water partition coefficient (Wildman–Crippen LogP) is 4.10. The average molecular weight is 318 g/mol. The molecule has 1 heterocycles. The van der Waals surface area contributed by atoms with Gasteiger partial charge in [0.15, 0.2) is 0 Å². The Labute approximate surface area is 129 Å². The summed E-state index contributed by atoms with van der Waals surface area (Å²) in [5.41, 5.74) is -0.634. The molecule has 1 saturated carbocycles. The van der Waals surface area contributed by atoms with Crippen molar-refractivity contribution in [2.75, 3.05) is 6.61 Å². The second kappa shape index (κ2) is 7.93. The van der Waals surface area contributed by atoms with E-state index in [0.717, 1.165) is 57.8 Å². The lowest BCUT2D eigenvalue weighted by Gasteiger charge is -2.42. The lowest BCUT2D eigenvalue weighted by molar-refractivity contribution is -0.0766. The van der Waals surface area contributed by atoms with Gasteiger partial charge < -0.3 is 4.74 Å². The zero-order valence-corrected chi connectivity index (χ0v) is 13.9. The van der Waals surface area contributed by atoms with Crippen molar-refractivity contribution in [3.63, 3.8) is 0 Å². The normalized spacial score (nSPS) is 29.5. The molecule has 1 spiro atoms. The Morgan fingerprint density at radius 2 is 1.33 bits per heavy atom. The molecular weight excluding hydrogens is 288 g/mol. The van der Waals surface area contributed by atoms with Gasteiger partial charge in [0.2, 0.25) is 0 Å². The third-order valence-electron chi connectivity index (χ3n) is 5.15. The molecule has 5 heteroatoms. The standard InChI is InChI=1S/C16H30O4S/c17-21(18,19)15-11-7-4-2-1-3-5-10-14-20-16(15)12-8-6-9-13-16/h15H,1-14H2,(H,17,18,19). The maximum absolute atomic E-state index is 12.0. The summed E-state index contributed by atoms with van der Waals surface area (Å²) in [4.78, 5) is 0. The first-order valence-electron chi connectivity index (χ1n) is 8.65. The minimum atomic E-state index is -4.05. The molecule has 0 aromatic heterocycles. The zero-order valence-electron chi connectivity index (χ0n) is 13.1. The fraction of sp³-hybridized carbons (Fsp3) is 1.00. The number of rotatable bonds is 1. The van der Waals surface area contributed by atoms with Gasteiger partial charge in [-0.3, -0.25) is 4.55 Å². The third-order valence-corrected chi connectivity index (χ3v) is 6.53. The molecule has 2 rings (SSSR count). The molecular formula is C16H30O4S.